The van der Waals surface area contributed by atoms with Gasteiger partial charge in [0.05, 0.1) is 0 Å². The maximum Gasteiger partial charge on any atom is 0.264 e. The molecule has 7 nitrogen and oxygen atoms in total. The maximum atomic E-state index is 11.9. The predicted molar refractivity (Wildman–Crippen MR) is 83.4 cm³/mol. The lowest BCUT2D eigenvalue weighted by atomic mass is 10.0. The molecule has 0 unspecified atom stereocenters. The average molecular weight is 338 g/mol. The van der Waals surface area contributed by atoms with Gasteiger partial charge in [0.2, 0.25) is 0 Å². The fourth-order valence-corrected chi connectivity index (χ4v) is 2.98. The second-order valence-corrected chi connectivity index (χ2v) is 7.93. The molecule has 1 heterocycles. The van der Waals surface area contributed by atoms with E-state index in [9.17, 15) is 13.2 Å². The summed E-state index contributed by atoms with van der Waals surface area (Å²) in [7, 11) is -3.73. The minimum Gasteiger partial charge on any atom is -0.361 e. The molecular formula is C15H18N2O5S. The van der Waals surface area contributed by atoms with Gasteiger partial charge in [-0.1, -0.05) is 35.5 Å². The summed E-state index contributed by atoms with van der Waals surface area (Å²) in [6, 6.07) is 11.1. The van der Waals surface area contributed by atoms with Crippen LogP contribution in [-0.4, -0.2) is 35.7 Å². The number of aromatic nitrogens is 1. The van der Waals surface area contributed by atoms with Gasteiger partial charge in [-0.15, -0.1) is 0 Å². The topological polar surface area (TPSA) is 110 Å². The number of nitrogens with one attached hydrogen (secondary N) is 1. The zero-order valence-electron chi connectivity index (χ0n) is 12.8. The van der Waals surface area contributed by atoms with Gasteiger partial charge < -0.3 is 4.52 Å². The Bertz CT molecular complexity index is 785. The fourth-order valence-electron chi connectivity index (χ4n) is 2.12. The lowest BCUT2D eigenvalue weighted by Crippen LogP contribution is -2.49. The molecule has 2 aromatic rings. The number of hydrogen-bond acceptors (Lipinski definition) is 6. The van der Waals surface area contributed by atoms with E-state index in [1.165, 1.54) is 12.4 Å². The van der Waals surface area contributed by atoms with E-state index in [4.69, 9.17) is 9.73 Å². The Morgan fingerprint density at radius 2 is 2.00 bits per heavy atom. The van der Waals surface area contributed by atoms with E-state index in [1.54, 1.807) is 6.07 Å². The third-order valence-electron chi connectivity index (χ3n) is 3.88. The molecule has 124 valence electrons. The van der Waals surface area contributed by atoms with Crippen molar-refractivity contribution in [3.63, 3.8) is 0 Å². The lowest BCUT2D eigenvalue weighted by molar-refractivity contribution is -0.131. The Kier molecular flexibility index (Phi) is 4.86. The van der Waals surface area contributed by atoms with Crippen LogP contribution in [0.25, 0.3) is 11.3 Å². The molecule has 2 rings (SSSR count). The average Bonchev–Trinajstić information content (AvgIpc) is 3.00. The van der Waals surface area contributed by atoms with Crippen molar-refractivity contribution >= 4 is 15.7 Å². The molecule has 0 radical (unpaired) electrons. The van der Waals surface area contributed by atoms with E-state index in [2.05, 4.69) is 5.16 Å². The molecule has 0 aliphatic carbocycles. The van der Waals surface area contributed by atoms with Crippen molar-refractivity contribution in [3.8, 4) is 11.3 Å². The standard InChI is InChI=1S/C15H18N2O5S/c1-15(14(18)16-19,23(2,20)21)9-8-12-10-13(17-22-12)11-6-4-3-5-7-11/h3-7,10,19H,8-9H2,1-2H3,(H,16,18)/t15-/m1/s1. The highest BCUT2D eigenvalue weighted by Crippen LogP contribution is 2.25. The highest BCUT2D eigenvalue weighted by Gasteiger charge is 2.43. The molecular weight excluding hydrogens is 320 g/mol. The molecule has 0 aliphatic heterocycles. The number of sulfone groups is 1. The summed E-state index contributed by atoms with van der Waals surface area (Å²) in [5.41, 5.74) is 2.92. The van der Waals surface area contributed by atoms with Gasteiger partial charge >= 0.3 is 0 Å². The molecule has 8 heteroatoms. The number of hydroxylamine groups is 1. The number of hydrogen-bond donors (Lipinski definition) is 2. The second-order valence-electron chi connectivity index (χ2n) is 5.49. The smallest absolute Gasteiger partial charge is 0.264 e. The summed E-state index contributed by atoms with van der Waals surface area (Å²) in [5, 5.41) is 12.7. The summed E-state index contributed by atoms with van der Waals surface area (Å²) >= 11 is 0. The van der Waals surface area contributed by atoms with Crippen LogP contribution in [0.3, 0.4) is 0 Å². The Labute approximate surface area is 134 Å². The Morgan fingerprint density at radius 3 is 2.57 bits per heavy atom. The van der Waals surface area contributed by atoms with Crippen molar-refractivity contribution in [1.82, 2.24) is 10.6 Å². The molecule has 0 saturated heterocycles. The van der Waals surface area contributed by atoms with Crippen molar-refractivity contribution in [3.05, 3.63) is 42.2 Å². The quantitative estimate of drug-likeness (QED) is 0.611. The lowest BCUT2D eigenvalue weighted by Gasteiger charge is -2.24. The third kappa shape index (κ3) is 3.59. The van der Waals surface area contributed by atoms with E-state index < -0.39 is 20.5 Å². The van der Waals surface area contributed by atoms with Crippen LogP contribution in [-0.2, 0) is 21.1 Å². The fraction of sp³-hybridized carbons (Fsp3) is 0.333. The molecule has 0 spiro atoms. The van der Waals surface area contributed by atoms with E-state index in [0.717, 1.165) is 11.8 Å². The van der Waals surface area contributed by atoms with Crippen LogP contribution in [0.5, 0.6) is 0 Å². The summed E-state index contributed by atoms with van der Waals surface area (Å²) < 4.78 is 27.2. The maximum absolute atomic E-state index is 11.9. The highest BCUT2D eigenvalue weighted by molar-refractivity contribution is 7.92. The van der Waals surface area contributed by atoms with Gasteiger partial charge in [0.15, 0.2) is 9.84 Å². The number of rotatable bonds is 6. The van der Waals surface area contributed by atoms with Crippen LogP contribution >= 0.6 is 0 Å². The van der Waals surface area contributed by atoms with Gasteiger partial charge in [-0.3, -0.25) is 10.0 Å². The number of aryl methyl sites for hydroxylation is 1. The van der Waals surface area contributed by atoms with E-state index in [0.29, 0.717) is 11.5 Å². The van der Waals surface area contributed by atoms with E-state index in [-0.39, 0.29) is 12.8 Å². The molecule has 0 bridgehead atoms. The second kappa shape index (κ2) is 6.51. The normalized spacial score (nSPS) is 14.2. The minimum absolute atomic E-state index is 0.0400. The van der Waals surface area contributed by atoms with Gasteiger partial charge in [-0.2, -0.15) is 0 Å². The monoisotopic (exact) mass is 338 g/mol. The molecule has 0 fully saturated rings. The molecule has 2 N–H and O–H groups in total. The summed E-state index contributed by atoms with van der Waals surface area (Å²) in [6.07, 6.45) is 1.11. The Balaban J connectivity index is 2.17. The van der Waals surface area contributed by atoms with E-state index in [1.807, 2.05) is 30.3 Å². The van der Waals surface area contributed by atoms with Crippen LogP contribution in [0.15, 0.2) is 40.9 Å². The molecule has 1 aromatic carbocycles. The SMILES string of the molecule is C[C@@](CCc1cc(-c2ccccc2)no1)(C(=O)NO)S(C)(=O)=O. The highest BCUT2D eigenvalue weighted by atomic mass is 32.2. The van der Waals surface area contributed by atoms with Crippen LogP contribution in [0.4, 0.5) is 0 Å². The van der Waals surface area contributed by atoms with Crippen molar-refractivity contribution in [2.45, 2.75) is 24.5 Å². The first-order chi connectivity index (χ1) is 10.8. The molecule has 23 heavy (non-hydrogen) atoms. The predicted octanol–water partition coefficient (Wildman–Crippen LogP) is 1.58. The molecule has 1 aromatic heterocycles. The first kappa shape index (κ1) is 17.2. The van der Waals surface area contributed by atoms with Gasteiger partial charge in [0, 0.05) is 24.3 Å². The van der Waals surface area contributed by atoms with Crippen molar-refractivity contribution in [2.24, 2.45) is 0 Å². The van der Waals surface area contributed by atoms with Crippen molar-refractivity contribution in [2.75, 3.05) is 6.26 Å². The first-order valence-electron chi connectivity index (χ1n) is 6.93. The van der Waals surface area contributed by atoms with E-state index >= 15 is 0 Å². The first-order valence-corrected chi connectivity index (χ1v) is 8.82. The van der Waals surface area contributed by atoms with Gasteiger partial charge in [-0.25, -0.2) is 13.9 Å². The molecule has 0 saturated carbocycles. The largest absolute Gasteiger partial charge is 0.361 e. The summed E-state index contributed by atoms with van der Waals surface area (Å²) in [5.74, 6) is -0.507. The summed E-state index contributed by atoms with van der Waals surface area (Å²) in [4.78, 5) is 11.7. The van der Waals surface area contributed by atoms with Crippen LogP contribution in [0, 0.1) is 0 Å². The molecule has 0 aliphatic rings. The van der Waals surface area contributed by atoms with Crippen molar-refractivity contribution in [1.29, 1.82) is 0 Å². The molecule has 1 atom stereocenters. The van der Waals surface area contributed by atoms with Crippen molar-refractivity contribution < 1.29 is 22.9 Å². The number of carbonyl (C=O) groups excluding carboxylic acids is 1. The Morgan fingerprint density at radius 1 is 1.35 bits per heavy atom. The number of benzene rings is 1. The van der Waals surface area contributed by atoms with Gasteiger partial charge in [-0.05, 0) is 13.3 Å². The number of nitrogens with zero attached hydrogens (tertiary/aromatic N) is 1. The van der Waals surface area contributed by atoms with Gasteiger partial charge in [0.1, 0.15) is 16.2 Å². The van der Waals surface area contributed by atoms with Crippen LogP contribution < -0.4 is 5.48 Å². The summed E-state index contributed by atoms with van der Waals surface area (Å²) in [6.45, 7) is 1.27. The van der Waals surface area contributed by atoms with Gasteiger partial charge in [0.25, 0.3) is 5.91 Å². The number of amides is 1. The minimum atomic E-state index is -3.73. The zero-order valence-corrected chi connectivity index (χ0v) is 13.6. The zero-order chi connectivity index (χ0) is 17.1. The number of carbonyl (C=O) groups is 1. The van der Waals surface area contributed by atoms with Crippen LogP contribution in [0.2, 0.25) is 0 Å². The third-order valence-corrected chi connectivity index (χ3v) is 5.90. The molecule has 1 amide bonds. The van der Waals surface area contributed by atoms with Crippen LogP contribution in [0.1, 0.15) is 19.1 Å². The Hall–Kier alpha value is -2.19.